The summed E-state index contributed by atoms with van der Waals surface area (Å²) in [6, 6.07) is 5.86. The van der Waals surface area contributed by atoms with E-state index in [2.05, 4.69) is 64.2 Å². The molecule has 9 heteroatoms. The first-order valence-electron chi connectivity index (χ1n) is 10.6. The average Bonchev–Trinajstić information content (AvgIpc) is 3.36. The van der Waals surface area contributed by atoms with Gasteiger partial charge >= 0.3 is 40.8 Å². The molecule has 1 radical (unpaired) electrons. The second kappa shape index (κ2) is 12.8. The molecule has 2 aliphatic heterocycles. The SMILES string of the molecule is CC(C)C1=CC2=NC(c3cccc(C4=NC5C=CC(C(C)C)=CC5=N4)n3)=NC2C=C1.[Cl-].[Cl-].[Cl-].[Nd+3]. The Morgan fingerprint density at radius 2 is 1.09 bits per heavy atom. The molecule has 4 aliphatic rings. The number of allylic oxidation sites excluding steroid dienone is 4. The summed E-state index contributed by atoms with van der Waals surface area (Å²) in [7, 11) is 0. The minimum absolute atomic E-state index is 0. The molecular weight excluding hydrogens is 621 g/mol. The van der Waals surface area contributed by atoms with E-state index in [0.29, 0.717) is 23.5 Å². The Labute approximate surface area is 252 Å². The first-order chi connectivity index (χ1) is 14.5. The van der Waals surface area contributed by atoms with Crippen LogP contribution in [0.4, 0.5) is 0 Å². The van der Waals surface area contributed by atoms with Crippen LogP contribution in [-0.2, 0) is 0 Å². The van der Waals surface area contributed by atoms with Crippen molar-refractivity contribution in [2.45, 2.75) is 39.8 Å². The predicted molar refractivity (Wildman–Crippen MR) is 124 cm³/mol. The minimum atomic E-state index is -0.00961. The van der Waals surface area contributed by atoms with Gasteiger partial charge in [0.2, 0.25) is 0 Å². The van der Waals surface area contributed by atoms with Gasteiger partial charge in [-0.05, 0) is 47.3 Å². The van der Waals surface area contributed by atoms with Crippen LogP contribution in [0.1, 0.15) is 39.1 Å². The number of pyridine rings is 1. The van der Waals surface area contributed by atoms with Crippen LogP contribution >= 0.6 is 0 Å². The largest absolute Gasteiger partial charge is 3.00 e. The zero-order chi connectivity index (χ0) is 20.8. The van der Waals surface area contributed by atoms with Crippen molar-refractivity contribution in [1.29, 1.82) is 0 Å². The summed E-state index contributed by atoms with van der Waals surface area (Å²) in [5, 5.41) is 0. The molecule has 0 bridgehead atoms. The van der Waals surface area contributed by atoms with Gasteiger partial charge in [-0.25, -0.2) is 15.0 Å². The fourth-order valence-corrected chi connectivity index (χ4v) is 3.84. The Kier molecular flexibility index (Phi) is 11.7. The molecule has 2 atom stereocenters. The van der Waals surface area contributed by atoms with E-state index in [-0.39, 0.29) is 90.1 Å². The summed E-state index contributed by atoms with van der Waals surface area (Å²) in [6.45, 7) is 8.76. The molecule has 0 fully saturated rings. The number of amidine groups is 2. The molecule has 175 valence electrons. The van der Waals surface area contributed by atoms with Crippen molar-refractivity contribution in [3.63, 3.8) is 0 Å². The quantitative estimate of drug-likeness (QED) is 0.326. The number of aliphatic imine (C=N–C) groups is 4. The van der Waals surface area contributed by atoms with E-state index in [0.717, 1.165) is 22.8 Å². The summed E-state index contributed by atoms with van der Waals surface area (Å²) < 4.78 is 0. The molecule has 1 aromatic heterocycles. The minimum Gasteiger partial charge on any atom is -1.00 e. The van der Waals surface area contributed by atoms with Gasteiger partial charge in [-0.1, -0.05) is 58.1 Å². The van der Waals surface area contributed by atoms with Gasteiger partial charge in [0.25, 0.3) is 0 Å². The fraction of sp³-hybridized carbons (Fsp3) is 0.320. The standard InChI is InChI=1S/C25H25N5.3ClH.Nd/c1-14(2)16-8-10-18-22(12-16)29-24(27-18)20-6-5-7-21(26-20)25-28-19-11-9-17(15(3)4)13-23(19)30-25;;;;/h5-15,18-19H,1-4H3;3*1H;/q;;;;+3/p-3. The van der Waals surface area contributed by atoms with E-state index in [1.165, 1.54) is 11.1 Å². The van der Waals surface area contributed by atoms with Gasteiger partial charge in [0.05, 0.1) is 11.4 Å². The van der Waals surface area contributed by atoms with Crippen molar-refractivity contribution in [1.82, 2.24) is 4.98 Å². The maximum atomic E-state index is 4.80. The number of rotatable bonds is 4. The molecule has 0 saturated carbocycles. The normalized spacial score (nSPS) is 21.4. The Morgan fingerprint density at radius 1 is 0.676 bits per heavy atom. The fourth-order valence-electron chi connectivity index (χ4n) is 3.84. The molecule has 0 amide bonds. The van der Waals surface area contributed by atoms with Crippen LogP contribution in [0, 0.1) is 52.7 Å². The topological polar surface area (TPSA) is 62.3 Å². The van der Waals surface area contributed by atoms with Crippen LogP contribution in [0.25, 0.3) is 0 Å². The van der Waals surface area contributed by atoms with Crippen LogP contribution in [0.5, 0.6) is 0 Å². The number of hydrogen-bond donors (Lipinski definition) is 0. The van der Waals surface area contributed by atoms with E-state index in [9.17, 15) is 0 Å². The van der Waals surface area contributed by atoms with Gasteiger partial charge < -0.3 is 37.2 Å². The molecule has 1 aromatic rings. The summed E-state index contributed by atoms with van der Waals surface area (Å²) in [4.78, 5) is 23.9. The molecule has 0 N–H and O–H groups in total. The van der Waals surface area contributed by atoms with Gasteiger partial charge in [0, 0.05) is 0 Å². The Hall–Kier alpha value is -0.989. The maximum Gasteiger partial charge on any atom is 3.00 e. The molecule has 2 unspecified atom stereocenters. The molecule has 0 saturated heterocycles. The van der Waals surface area contributed by atoms with Crippen LogP contribution in [0.2, 0.25) is 0 Å². The Morgan fingerprint density at radius 3 is 1.47 bits per heavy atom. The molecular formula is C25H25Cl3N5Nd. The smallest absolute Gasteiger partial charge is 1.00 e. The van der Waals surface area contributed by atoms with E-state index in [1.54, 1.807) is 0 Å². The number of halogens is 3. The van der Waals surface area contributed by atoms with Gasteiger partial charge in [0.1, 0.15) is 23.5 Å². The molecule has 0 aromatic carbocycles. The van der Waals surface area contributed by atoms with E-state index in [1.807, 2.05) is 18.2 Å². The number of hydrogen-bond acceptors (Lipinski definition) is 5. The Bertz CT molecular complexity index is 1090. The van der Waals surface area contributed by atoms with Crippen LogP contribution in [-0.4, -0.2) is 40.2 Å². The zero-order valence-corrected chi connectivity index (χ0v) is 24.9. The van der Waals surface area contributed by atoms with Gasteiger partial charge in [-0.2, -0.15) is 0 Å². The van der Waals surface area contributed by atoms with E-state index >= 15 is 0 Å². The summed E-state index contributed by atoms with van der Waals surface area (Å²) in [5.74, 6) is 2.29. The average molecular weight is 646 g/mol. The number of fused-ring (bicyclic) bond motifs is 2. The molecule has 2 aliphatic carbocycles. The Balaban J connectivity index is 0.00000144. The number of nitrogens with zero attached hydrogens (tertiary/aromatic N) is 5. The van der Waals surface area contributed by atoms with Crippen LogP contribution in [0.15, 0.2) is 85.8 Å². The first kappa shape index (κ1) is 31.0. The molecule has 3 heterocycles. The second-order valence-corrected chi connectivity index (χ2v) is 8.59. The molecule has 5 rings (SSSR count). The number of aromatic nitrogens is 1. The molecule has 5 nitrogen and oxygen atoms in total. The summed E-state index contributed by atoms with van der Waals surface area (Å²) in [5.41, 5.74) is 6.06. The second-order valence-electron chi connectivity index (χ2n) is 8.59. The van der Waals surface area contributed by atoms with Gasteiger partial charge in [-0.15, -0.1) is 0 Å². The van der Waals surface area contributed by atoms with E-state index < -0.39 is 0 Å². The molecule has 0 spiro atoms. The third kappa shape index (κ3) is 6.22. The van der Waals surface area contributed by atoms with Crippen molar-refractivity contribution in [3.05, 3.63) is 77.2 Å². The first-order valence-corrected chi connectivity index (χ1v) is 10.6. The zero-order valence-electron chi connectivity index (χ0n) is 19.4. The van der Waals surface area contributed by atoms with Crippen molar-refractivity contribution < 1.29 is 78.1 Å². The van der Waals surface area contributed by atoms with Gasteiger partial charge in [0.15, 0.2) is 11.7 Å². The van der Waals surface area contributed by atoms with Crippen molar-refractivity contribution >= 4 is 23.1 Å². The monoisotopic (exact) mass is 642 g/mol. The van der Waals surface area contributed by atoms with Crippen LogP contribution < -0.4 is 37.2 Å². The van der Waals surface area contributed by atoms with Gasteiger partial charge in [-0.3, -0.25) is 9.98 Å². The van der Waals surface area contributed by atoms with Crippen molar-refractivity contribution in [2.75, 3.05) is 0 Å². The summed E-state index contributed by atoms with van der Waals surface area (Å²) in [6.07, 6.45) is 12.8. The summed E-state index contributed by atoms with van der Waals surface area (Å²) >= 11 is 0. The van der Waals surface area contributed by atoms with Crippen molar-refractivity contribution in [3.8, 4) is 0 Å². The predicted octanol–water partition coefficient (Wildman–Crippen LogP) is -4.46. The van der Waals surface area contributed by atoms with E-state index in [4.69, 9.17) is 25.0 Å². The van der Waals surface area contributed by atoms with Crippen molar-refractivity contribution in [2.24, 2.45) is 31.8 Å². The van der Waals surface area contributed by atoms with Crippen LogP contribution in [0.3, 0.4) is 0 Å². The third-order valence-electron chi connectivity index (χ3n) is 5.71. The third-order valence-corrected chi connectivity index (χ3v) is 5.71. The maximum absolute atomic E-state index is 4.80. The molecule has 34 heavy (non-hydrogen) atoms.